The first-order valence-corrected chi connectivity index (χ1v) is 9.57. The van der Waals surface area contributed by atoms with Gasteiger partial charge in [-0.1, -0.05) is 48.5 Å². The molecule has 1 fully saturated rings. The fourth-order valence-corrected chi connectivity index (χ4v) is 3.65. The Morgan fingerprint density at radius 3 is 2.69 bits per heavy atom. The van der Waals surface area contributed by atoms with E-state index in [1.54, 1.807) is 6.07 Å². The molecule has 2 unspecified atom stereocenters. The number of halogens is 1. The van der Waals surface area contributed by atoms with Crippen LogP contribution in [0.3, 0.4) is 0 Å². The van der Waals surface area contributed by atoms with Crippen molar-refractivity contribution in [3.05, 3.63) is 71.5 Å². The largest absolute Gasteiger partial charge is 0.375 e. The number of nitrogens with zero attached hydrogens (tertiary/aromatic N) is 1. The molecule has 0 bridgehead atoms. The topological polar surface area (TPSA) is 38.5 Å². The van der Waals surface area contributed by atoms with Gasteiger partial charge in [-0.2, -0.15) is 0 Å². The normalized spacial score (nSPS) is 18.9. The molecule has 3 nitrogen and oxygen atoms in total. The van der Waals surface area contributed by atoms with Crippen LogP contribution in [0.1, 0.15) is 30.4 Å². The first-order valence-electron chi connectivity index (χ1n) is 9.57. The van der Waals surface area contributed by atoms with Gasteiger partial charge in [0.2, 0.25) is 0 Å². The molecule has 140 valence electrons. The second kappa shape index (κ2) is 9.81. The number of nitrogens with two attached hydrogens (primary N) is 1. The van der Waals surface area contributed by atoms with E-state index in [9.17, 15) is 4.39 Å². The van der Waals surface area contributed by atoms with Crippen LogP contribution in [0, 0.1) is 5.82 Å². The molecule has 1 aliphatic rings. The molecule has 2 aromatic carbocycles. The van der Waals surface area contributed by atoms with Crippen molar-refractivity contribution in [1.82, 2.24) is 4.90 Å². The quantitative estimate of drug-likeness (QED) is 0.743. The second-order valence-electron chi connectivity index (χ2n) is 7.18. The molecule has 1 saturated heterocycles. The van der Waals surface area contributed by atoms with Crippen molar-refractivity contribution in [2.75, 3.05) is 19.7 Å². The summed E-state index contributed by atoms with van der Waals surface area (Å²) in [5.74, 6) is -0.156. The molecule has 2 N–H and O–H groups in total. The Morgan fingerprint density at radius 1 is 1.12 bits per heavy atom. The second-order valence-corrected chi connectivity index (χ2v) is 7.18. The molecule has 4 heteroatoms. The molecular weight excluding hydrogens is 327 g/mol. The first-order chi connectivity index (χ1) is 12.7. The zero-order valence-electron chi connectivity index (χ0n) is 15.3. The highest BCUT2D eigenvalue weighted by Crippen LogP contribution is 2.19. The van der Waals surface area contributed by atoms with E-state index in [1.807, 2.05) is 30.3 Å². The summed E-state index contributed by atoms with van der Waals surface area (Å²) in [5.41, 5.74) is 8.17. The van der Waals surface area contributed by atoms with Crippen molar-refractivity contribution >= 4 is 0 Å². The Bertz CT molecular complexity index is 664. The number of benzene rings is 2. The zero-order valence-corrected chi connectivity index (χ0v) is 15.3. The molecule has 1 heterocycles. The van der Waals surface area contributed by atoms with E-state index >= 15 is 0 Å². The molecule has 0 aromatic heterocycles. The van der Waals surface area contributed by atoms with Crippen LogP contribution in [0.25, 0.3) is 0 Å². The molecule has 2 aromatic rings. The van der Waals surface area contributed by atoms with E-state index in [-0.39, 0.29) is 11.9 Å². The number of hydrogen-bond donors (Lipinski definition) is 1. The minimum Gasteiger partial charge on any atom is -0.375 e. The number of rotatable bonds is 9. The van der Waals surface area contributed by atoms with E-state index in [0.29, 0.717) is 24.6 Å². The highest BCUT2D eigenvalue weighted by molar-refractivity contribution is 5.18. The number of ether oxygens (including phenoxy) is 1. The molecular formula is C22H29FN2O. The van der Waals surface area contributed by atoms with Crippen molar-refractivity contribution in [2.24, 2.45) is 5.73 Å². The van der Waals surface area contributed by atoms with Crippen LogP contribution in [-0.4, -0.2) is 36.7 Å². The van der Waals surface area contributed by atoms with E-state index in [2.05, 4.69) is 17.0 Å². The van der Waals surface area contributed by atoms with Crippen molar-refractivity contribution in [3.63, 3.8) is 0 Å². The lowest BCUT2D eigenvalue weighted by Crippen LogP contribution is -2.37. The van der Waals surface area contributed by atoms with E-state index in [4.69, 9.17) is 10.5 Å². The summed E-state index contributed by atoms with van der Waals surface area (Å²) in [4.78, 5) is 2.48. The van der Waals surface area contributed by atoms with Crippen LogP contribution in [0.5, 0.6) is 0 Å². The Kier molecular flexibility index (Phi) is 7.18. The highest BCUT2D eigenvalue weighted by atomic mass is 19.1. The Hall–Kier alpha value is -1.75. The fraction of sp³-hybridized carbons (Fsp3) is 0.455. The summed E-state index contributed by atoms with van der Waals surface area (Å²) >= 11 is 0. The van der Waals surface area contributed by atoms with Gasteiger partial charge in [0.05, 0.1) is 13.2 Å². The van der Waals surface area contributed by atoms with Gasteiger partial charge in [0.1, 0.15) is 5.82 Å². The van der Waals surface area contributed by atoms with Gasteiger partial charge >= 0.3 is 0 Å². The van der Waals surface area contributed by atoms with Crippen molar-refractivity contribution in [1.29, 1.82) is 0 Å². The Morgan fingerprint density at radius 2 is 1.88 bits per heavy atom. The molecule has 0 radical (unpaired) electrons. The van der Waals surface area contributed by atoms with Gasteiger partial charge < -0.3 is 10.5 Å². The summed E-state index contributed by atoms with van der Waals surface area (Å²) in [6.07, 6.45) is 3.86. The van der Waals surface area contributed by atoms with Gasteiger partial charge in [0.25, 0.3) is 0 Å². The molecule has 0 aliphatic carbocycles. The third-order valence-corrected chi connectivity index (χ3v) is 5.15. The molecule has 1 aliphatic heterocycles. The average molecular weight is 356 g/mol. The van der Waals surface area contributed by atoms with Gasteiger partial charge in [-0.25, -0.2) is 4.39 Å². The van der Waals surface area contributed by atoms with Gasteiger partial charge in [-0.3, -0.25) is 4.90 Å². The minimum absolute atomic E-state index is 0.0154. The zero-order chi connectivity index (χ0) is 18.2. The molecule has 0 amide bonds. The van der Waals surface area contributed by atoms with E-state index in [1.165, 1.54) is 24.5 Å². The van der Waals surface area contributed by atoms with Crippen LogP contribution < -0.4 is 5.73 Å². The third kappa shape index (κ3) is 5.63. The van der Waals surface area contributed by atoms with Crippen molar-refractivity contribution in [2.45, 2.75) is 44.4 Å². The lowest BCUT2D eigenvalue weighted by Gasteiger charge is -2.25. The van der Waals surface area contributed by atoms with Crippen molar-refractivity contribution in [3.8, 4) is 0 Å². The van der Waals surface area contributed by atoms with Crippen LogP contribution in [0.15, 0.2) is 54.6 Å². The molecule has 26 heavy (non-hydrogen) atoms. The Balaban J connectivity index is 1.40. The lowest BCUT2D eigenvalue weighted by atomic mass is 10.0. The summed E-state index contributed by atoms with van der Waals surface area (Å²) in [6, 6.07) is 17.6. The monoisotopic (exact) mass is 356 g/mol. The maximum Gasteiger partial charge on any atom is 0.126 e. The summed E-state index contributed by atoms with van der Waals surface area (Å²) in [6.45, 7) is 3.48. The number of hydrogen-bond acceptors (Lipinski definition) is 3. The molecule has 0 saturated carbocycles. The van der Waals surface area contributed by atoms with Crippen LogP contribution in [0.4, 0.5) is 4.39 Å². The van der Waals surface area contributed by atoms with Gasteiger partial charge in [-0.05, 0) is 49.4 Å². The van der Waals surface area contributed by atoms with Crippen LogP contribution >= 0.6 is 0 Å². The van der Waals surface area contributed by atoms with E-state index < -0.39 is 0 Å². The smallest absolute Gasteiger partial charge is 0.126 e. The third-order valence-electron chi connectivity index (χ3n) is 5.15. The standard InChI is InChI=1S/C22H29FN2O/c23-22-11-5-4-9-19(22)15-20(24)12-14-25-13-6-10-21(25)17-26-16-18-7-2-1-3-8-18/h1-5,7-9,11,20-21H,6,10,12-17,24H2. The van der Waals surface area contributed by atoms with Gasteiger partial charge in [-0.15, -0.1) is 0 Å². The fourth-order valence-electron chi connectivity index (χ4n) is 3.65. The molecule has 2 atom stereocenters. The maximum absolute atomic E-state index is 13.8. The van der Waals surface area contributed by atoms with Crippen LogP contribution in [0.2, 0.25) is 0 Å². The van der Waals surface area contributed by atoms with Gasteiger partial charge in [0, 0.05) is 18.6 Å². The number of likely N-dealkylation sites (tertiary alicyclic amines) is 1. The summed E-state index contributed by atoms with van der Waals surface area (Å²) < 4.78 is 19.7. The van der Waals surface area contributed by atoms with Crippen molar-refractivity contribution < 1.29 is 9.13 Å². The summed E-state index contributed by atoms with van der Waals surface area (Å²) in [5, 5.41) is 0. The predicted octanol–water partition coefficient (Wildman–Crippen LogP) is 3.77. The Labute approximate surface area is 156 Å². The molecule has 3 rings (SSSR count). The SMILES string of the molecule is NC(CCN1CCCC1COCc1ccccc1)Cc1ccccc1F. The van der Waals surface area contributed by atoms with Gasteiger partial charge in [0.15, 0.2) is 0 Å². The highest BCUT2D eigenvalue weighted by Gasteiger charge is 2.24. The van der Waals surface area contributed by atoms with Crippen LogP contribution in [-0.2, 0) is 17.8 Å². The first kappa shape index (κ1) is 19.0. The minimum atomic E-state index is -0.156. The lowest BCUT2D eigenvalue weighted by molar-refractivity contribution is 0.0658. The molecule has 0 spiro atoms. The maximum atomic E-state index is 13.8. The average Bonchev–Trinajstić information content (AvgIpc) is 3.10. The van der Waals surface area contributed by atoms with E-state index in [0.717, 1.165) is 26.1 Å². The summed E-state index contributed by atoms with van der Waals surface area (Å²) in [7, 11) is 0. The predicted molar refractivity (Wildman–Crippen MR) is 103 cm³/mol.